The van der Waals surface area contributed by atoms with Gasteiger partial charge in [0, 0.05) is 43.3 Å². The van der Waals surface area contributed by atoms with Crippen LogP contribution in [0.4, 0.5) is 28.8 Å². The number of nitrogens with zero attached hydrogens (tertiary/aromatic N) is 3. The average Bonchev–Trinajstić information content (AvgIpc) is 3.21. The smallest absolute Gasteiger partial charge is 0.369 e. The molecule has 180 valence electrons. The fourth-order valence-corrected chi connectivity index (χ4v) is 5.36. The molecule has 0 radical (unpaired) electrons. The largest absolute Gasteiger partial charge is 0.416 e. The number of fused-ring (bicyclic) bond motifs is 1. The lowest BCUT2D eigenvalue weighted by Gasteiger charge is -2.36. The van der Waals surface area contributed by atoms with Crippen molar-refractivity contribution in [2.24, 2.45) is 0 Å². The molecule has 2 N–H and O–H groups in total. The van der Waals surface area contributed by atoms with Crippen molar-refractivity contribution in [3.63, 3.8) is 0 Å². The van der Waals surface area contributed by atoms with Crippen LogP contribution in [0.5, 0.6) is 0 Å². The van der Waals surface area contributed by atoms with E-state index in [-0.39, 0.29) is 6.03 Å². The summed E-state index contributed by atoms with van der Waals surface area (Å²) in [6, 6.07) is 5.33. The van der Waals surface area contributed by atoms with Crippen LogP contribution in [0, 0.1) is 0 Å². The van der Waals surface area contributed by atoms with Crippen LogP contribution in [-0.2, 0) is 19.0 Å². The Hall–Kier alpha value is -2.33. The standard InChI is InChI=1S/C23H30F3N5OS/c24-23(25,26)17-6-5-7-18(16-17)31-14-12-30(13-15-31)11-4-3-10-27-21(32)29-22-28-19-8-1-2-9-20(19)33-22/h5-7,16H,1-4,8-15H2,(H2,27,28,29,32). The highest BCUT2D eigenvalue weighted by molar-refractivity contribution is 7.15. The number of hydrogen-bond acceptors (Lipinski definition) is 5. The topological polar surface area (TPSA) is 60.5 Å². The van der Waals surface area contributed by atoms with Crippen molar-refractivity contribution in [3.05, 3.63) is 40.4 Å². The predicted molar refractivity (Wildman–Crippen MR) is 125 cm³/mol. The molecule has 6 nitrogen and oxygen atoms in total. The van der Waals surface area contributed by atoms with Crippen LogP contribution in [0.1, 0.15) is 41.8 Å². The van der Waals surface area contributed by atoms with Crippen molar-refractivity contribution >= 4 is 28.2 Å². The van der Waals surface area contributed by atoms with E-state index in [0.717, 1.165) is 57.1 Å². The number of alkyl halides is 3. The van der Waals surface area contributed by atoms with E-state index in [1.54, 1.807) is 17.4 Å². The third-order valence-corrected chi connectivity index (χ3v) is 7.24. The third-order valence-electron chi connectivity index (χ3n) is 6.16. The summed E-state index contributed by atoms with van der Waals surface area (Å²) in [5.41, 5.74) is 1.16. The first-order chi connectivity index (χ1) is 15.9. The summed E-state index contributed by atoms with van der Waals surface area (Å²) in [5.74, 6) is 0. The van der Waals surface area contributed by atoms with Crippen LogP contribution in [-0.4, -0.2) is 55.2 Å². The molecular formula is C23H30F3N5OS. The van der Waals surface area contributed by atoms with E-state index in [1.165, 1.54) is 29.9 Å². The number of unbranched alkanes of at least 4 members (excludes halogenated alkanes) is 1. The summed E-state index contributed by atoms with van der Waals surface area (Å²) in [5, 5.41) is 6.42. The minimum atomic E-state index is -4.32. The van der Waals surface area contributed by atoms with Crippen LogP contribution < -0.4 is 15.5 Å². The predicted octanol–water partition coefficient (Wildman–Crippen LogP) is 4.76. The van der Waals surface area contributed by atoms with Gasteiger partial charge in [-0.2, -0.15) is 13.2 Å². The lowest BCUT2D eigenvalue weighted by Crippen LogP contribution is -2.46. The summed E-state index contributed by atoms with van der Waals surface area (Å²) in [4.78, 5) is 22.3. The maximum atomic E-state index is 12.9. The Morgan fingerprint density at radius 1 is 1.09 bits per heavy atom. The summed E-state index contributed by atoms with van der Waals surface area (Å²) < 4.78 is 38.8. The molecule has 2 aliphatic rings. The second-order valence-electron chi connectivity index (χ2n) is 8.56. The molecular weight excluding hydrogens is 451 g/mol. The third kappa shape index (κ3) is 6.60. The zero-order chi connectivity index (χ0) is 23.3. The van der Waals surface area contributed by atoms with E-state index >= 15 is 0 Å². The Morgan fingerprint density at radius 3 is 2.64 bits per heavy atom. The number of nitrogens with one attached hydrogen (secondary N) is 2. The van der Waals surface area contributed by atoms with Gasteiger partial charge in [-0.05, 0) is 63.3 Å². The lowest BCUT2D eigenvalue weighted by atomic mass is 10.0. The highest BCUT2D eigenvalue weighted by Gasteiger charge is 2.31. The molecule has 0 saturated carbocycles. The normalized spacial score (nSPS) is 17.0. The van der Waals surface area contributed by atoms with E-state index in [1.807, 2.05) is 4.90 Å². The summed E-state index contributed by atoms with van der Waals surface area (Å²) in [6.45, 7) is 4.57. The summed E-state index contributed by atoms with van der Waals surface area (Å²) in [7, 11) is 0. The Labute approximate surface area is 196 Å². The molecule has 0 bridgehead atoms. The quantitative estimate of drug-likeness (QED) is 0.560. The van der Waals surface area contributed by atoms with Crippen molar-refractivity contribution in [2.75, 3.05) is 49.5 Å². The molecule has 1 fully saturated rings. The van der Waals surface area contributed by atoms with Gasteiger partial charge in [0.2, 0.25) is 0 Å². The molecule has 33 heavy (non-hydrogen) atoms. The van der Waals surface area contributed by atoms with Gasteiger partial charge in [0.15, 0.2) is 5.13 Å². The van der Waals surface area contributed by atoms with Crippen LogP contribution >= 0.6 is 11.3 Å². The molecule has 2 heterocycles. The molecule has 2 aromatic rings. The van der Waals surface area contributed by atoms with E-state index < -0.39 is 11.7 Å². The number of amides is 2. The number of aryl methyl sites for hydroxylation is 2. The number of carbonyl (C=O) groups excluding carboxylic acids is 1. The minimum Gasteiger partial charge on any atom is -0.369 e. The SMILES string of the molecule is O=C(NCCCCN1CCN(c2cccc(C(F)(F)F)c2)CC1)Nc1nc2c(s1)CCCC2. The second kappa shape index (κ2) is 10.7. The van der Waals surface area contributed by atoms with Crippen molar-refractivity contribution in [1.82, 2.24) is 15.2 Å². The lowest BCUT2D eigenvalue weighted by molar-refractivity contribution is -0.137. The van der Waals surface area contributed by atoms with Crippen molar-refractivity contribution < 1.29 is 18.0 Å². The van der Waals surface area contributed by atoms with E-state index in [9.17, 15) is 18.0 Å². The van der Waals surface area contributed by atoms with Gasteiger partial charge >= 0.3 is 12.2 Å². The van der Waals surface area contributed by atoms with Gasteiger partial charge < -0.3 is 10.2 Å². The molecule has 0 unspecified atom stereocenters. The average molecular weight is 482 g/mol. The highest BCUT2D eigenvalue weighted by Crippen LogP contribution is 2.32. The van der Waals surface area contributed by atoms with E-state index in [0.29, 0.717) is 30.5 Å². The van der Waals surface area contributed by atoms with Crippen molar-refractivity contribution in [1.29, 1.82) is 0 Å². The fourth-order valence-electron chi connectivity index (χ4n) is 4.32. The number of urea groups is 1. The fraction of sp³-hybridized carbons (Fsp3) is 0.565. The zero-order valence-corrected chi connectivity index (χ0v) is 19.4. The van der Waals surface area contributed by atoms with Gasteiger partial charge in [-0.25, -0.2) is 9.78 Å². The molecule has 1 aliphatic heterocycles. The Bertz CT molecular complexity index is 917. The molecule has 4 rings (SSSR count). The van der Waals surface area contributed by atoms with Gasteiger partial charge in [-0.3, -0.25) is 10.2 Å². The number of hydrogen-bond donors (Lipinski definition) is 2. The number of aromatic nitrogens is 1. The number of halogens is 3. The monoisotopic (exact) mass is 481 g/mol. The Kier molecular flexibility index (Phi) is 7.75. The minimum absolute atomic E-state index is 0.212. The van der Waals surface area contributed by atoms with E-state index in [4.69, 9.17) is 0 Å². The van der Waals surface area contributed by atoms with Gasteiger partial charge in [-0.15, -0.1) is 11.3 Å². The molecule has 0 spiro atoms. The molecule has 2 amide bonds. The molecule has 0 atom stereocenters. The van der Waals surface area contributed by atoms with Gasteiger partial charge in [-0.1, -0.05) is 6.07 Å². The second-order valence-corrected chi connectivity index (χ2v) is 9.64. The molecule has 1 aromatic heterocycles. The van der Waals surface area contributed by atoms with Crippen LogP contribution in [0.15, 0.2) is 24.3 Å². The highest BCUT2D eigenvalue weighted by atomic mass is 32.1. The molecule has 10 heteroatoms. The number of thiazole rings is 1. The van der Waals surface area contributed by atoms with Gasteiger partial charge in [0.1, 0.15) is 0 Å². The molecule has 1 aromatic carbocycles. The number of carbonyl (C=O) groups is 1. The Morgan fingerprint density at radius 2 is 1.88 bits per heavy atom. The number of piperazine rings is 1. The van der Waals surface area contributed by atoms with Crippen LogP contribution in [0.2, 0.25) is 0 Å². The van der Waals surface area contributed by atoms with Gasteiger partial charge in [0.25, 0.3) is 0 Å². The van der Waals surface area contributed by atoms with Crippen molar-refractivity contribution in [2.45, 2.75) is 44.7 Å². The zero-order valence-electron chi connectivity index (χ0n) is 18.6. The summed E-state index contributed by atoms with van der Waals surface area (Å²) >= 11 is 1.58. The maximum Gasteiger partial charge on any atom is 0.416 e. The van der Waals surface area contributed by atoms with Crippen molar-refractivity contribution in [3.8, 4) is 0 Å². The van der Waals surface area contributed by atoms with Crippen LogP contribution in [0.25, 0.3) is 0 Å². The maximum absolute atomic E-state index is 12.9. The van der Waals surface area contributed by atoms with E-state index in [2.05, 4.69) is 20.5 Å². The number of benzene rings is 1. The van der Waals surface area contributed by atoms with Crippen LogP contribution in [0.3, 0.4) is 0 Å². The molecule has 1 saturated heterocycles. The number of rotatable bonds is 7. The first kappa shape index (κ1) is 23.8. The first-order valence-electron chi connectivity index (χ1n) is 11.6. The van der Waals surface area contributed by atoms with Gasteiger partial charge in [0.05, 0.1) is 11.3 Å². The Balaban J connectivity index is 1.11. The molecule has 1 aliphatic carbocycles. The summed E-state index contributed by atoms with van der Waals surface area (Å²) in [6.07, 6.45) is 1.94. The first-order valence-corrected chi connectivity index (χ1v) is 12.4. The number of anilines is 2.